The third kappa shape index (κ3) is 4.21. The fourth-order valence-electron chi connectivity index (χ4n) is 3.97. The normalized spacial score (nSPS) is 17.9. The van der Waals surface area contributed by atoms with Crippen molar-refractivity contribution < 1.29 is 9.59 Å². The van der Waals surface area contributed by atoms with E-state index in [-0.39, 0.29) is 11.8 Å². The van der Waals surface area contributed by atoms with Gasteiger partial charge in [-0.15, -0.1) is 11.8 Å². The fraction of sp³-hybridized carbons (Fsp3) is 0.200. The third-order valence-electron chi connectivity index (χ3n) is 5.67. The molecule has 0 spiro atoms. The van der Waals surface area contributed by atoms with Crippen LogP contribution in [0.15, 0.2) is 77.7 Å². The molecule has 1 heterocycles. The first-order valence-electron chi connectivity index (χ1n) is 10.0. The van der Waals surface area contributed by atoms with Gasteiger partial charge >= 0.3 is 0 Å². The predicted octanol–water partition coefficient (Wildman–Crippen LogP) is 5.34. The number of nitrogens with one attached hydrogen (secondary N) is 1. The zero-order valence-corrected chi connectivity index (χ0v) is 19.0. The summed E-state index contributed by atoms with van der Waals surface area (Å²) >= 11 is 7.59. The molecule has 6 heteroatoms. The molecule has 0 fully saturated rings. The van der Waals surface area contributed by atoms with E-state index in [2.05, 4.69) is 5.32 Å². The van der Waals surface area contributed by atoms with Crippen molar-refractivity contribution in [2.24, 2.45) is 0 Å². The van der Waals surface area contributed by atoms with E-state index in [1.54, 1.807) is 28.8 Å². The Balaban J connectivity index is 1.69. The van der Waals surface area contributed by atoms with E-state index in [9.17, 15) is 9.59 Å². The minimum absolute atomic E-state index is 0.164. The molecule has 1 aliphatic rings. The van der Waals surface area contributed by atoms with Crippen LogP contribution in [0.2, 0.25) is 5.02 Å². The van der Waals surface area contributed by atoms with Gasteiger partial charge < -0.3 is 5.32 Å². The summed E-state index contributed by atoms with van der Waals surface area (Å²) in [6.45, 7) is 2.20. The smallest absolute Gasteiger partial charge is 0.259 e. The molecule has 4 nitrogen and oxygen atoms in total. The molecule has 0 aliphatic carbocycles. The number of halogens is 1. The largest absolute Gasteiger partial charge is 0.350 e. The standard InChI is InChI=1S/C25H23ClN2O2S/c1-25(24(30)27-16-17-7-9-19(26)10-8-17)15-18-5-3-4-6-22(18)23(29)28(25)20-11-13-21(31-2)14-12-20/h3-14H,15-16H2,1-2H3,(H,27,30). The number of nitrogens with zero attached hydrogens (tertiary/aromatic N) is 1. The predicted molar refractivity (Wildman–Crippen MR) is 127 cm³/mol. The zero-order chi connectivity index (χ0) is 22.0. The lowest BCUT2D eigenvalue weighted by Gasteiger charge is -2.44. The van der Waals surface area contributed by atoms with Crippen molar-refractivity contribution in [2.45, 2.75) is 30.3 Å². The van der Waals surface area contributed by atoms with E-state index in [0.29, 0.717) is 29.2 Å². The van der Waals surface area contributed by atoms with Gasteiger partial charge in [-0.1, -0.05) is 41.9 Å². The van der Waals surface area contributed by atoms with Crippen molar-refractivity contribution in [1.29, 1.82) is 0 Å². The third-order valence-corrected chi connectivity index (χ3v) is 6.66. The number of anilines is 1. The number of benzene rings is 3. The topological polar surface area (TPSA) is 49.4 Å². The molecule has 2 amide bonds. The Morgan fingerprint density at radius 1 is 1.06 bits per heavy atom. The highest BCUT2D eigenvalue weighted by Gasteiger charge is 2.47. The average molecular weight is 451 g/mol. The molecule has 1 unspecified atom stereocenters. The van der Waals surface area contributed by atoms with Gasteiger partial charge in [0.15, 0.2) is 0 Å². The van der Waals surface area contributed by atoms with E-state index in [1.807, 2.05) is 73.8 Å². The van der Waals surface area contributed by atoms with Crippen LogP contribution >= 0.6 is 23.4 Å². The second-order valence-electron chi connectivity index (χ2n) is 7.76. The lowest BCUT2D eigenvalue weighted by Crippen LogP contribution is -2.63. The van der Waals surface area contributed by atoms with Crippen LogP contribution < -0.4 is 10.2 Å². The van der Waals surface area contributed by atoms with E-state index in [1.165, 1.54) is 0 Å². The Morgan fingerprint density at radius 3 is 2.42 bits per heavy atom. The zero-order valence-electron chi connectivity index (χ0n) is 17.4. The summed E-state index contributed by atoms with van der Waals surface area (Å²) in [6, 6.07) is 22.6. The Labute approximate surface area is 191 Å². The SMILES string of the molecule is CSc1ccc(N2C(=O)c3ccccc3CC2(C)C(=O)NCc2ccc(Cl)cc2)cc1. The molecule has 3 aromatic carbocycles. The number of fused-ring (bicyclic) bond motifs is 1. The second-order valence-corrected chi connectivity index (χ2v) is 9.07. The molecule has 4 rings (SSSR count). The summed E-state index contributed by atoms with van der Waals surface area (Å²) < 4.78 is 0. The highest BCUT2D eigenvalue weighted by Crippen LogP contribution is 2.36. The van der Waals surface area contributed by atoms with Gasteiger partial charge in [0.05, 0.1) is 0 Å². The van der Waals surface area contributed by atoms with Gasteiger partial charge in [0.1, 0.15) is 5.54 Å². The van der Waals surface area contributed by atoms with Crippen LogP contribution in [0.1, 0.15) is 28.4 Å². The van der Waals surface area contributed by atoms with Gasteiger partial charge in [-0.05, 0) is 66.8 Å². The molecular weight excluding hydrogens is 428 g/mol. The first kappa shape index (κ1) is 21.5. The first-order chi connectivity index (χ1) is 14.9. The maximum atomic E-state index is 13.5. The minimum Gasteiger partial charge on any atom is -0.350 e. The van der Waals surface area contributed by atoms with Crippen LogP contribution in [-0.2, 0) is 17.8 Å². The van der Waals surface area contributed by atoms with Gasteiger partial charge in [-0.25, -0.2) is 0 Å². The molecule has 1 aliphatic heterocycles. The fourth-order valence-corrected chi connectivity index (χ4v) is 4.50. The van der Waals surface area contributed by atoms with E-state index >= 15 is 0 Å². The number of carbonyl (C=O) groups excluding carboxylic acids is 2. The molecule has 0 radical (unpaired) electrons. The highest BCUT2D eigenvalue weighted by molar-refractivity contribution is 7.98. The lowest BCUT2D eigenvalue weighted by molar-refractivity contribution is -0.126. The maximum Gasteiger partial charge on any atom is 0.259 e. The number of hydrogen-bond acceptors (Lipinski definition) is 3. The molecule has 0 saturated carbocycles. The molecule has 0 saturated heterocycles. The van der Waals surface area contributed by atoms with E-state index < -0.39 is 5.54 Å². The van der Waals surface area contributed by atoms with Gasteiger partial charge in [0.2, 0.25) is 5.91 Å². The Bertz CT molecular complexity index is 1120. The molecule has 158 valence electrons. The van der Waals surface area contributed by atoms with Crippen molar-refractivity contribution >= 4 is 40.9 Å². The van der Waals surface area contributed by atoms with Crippen LogP contribution in [0, 0.1) is 0 Å². The summed E-state index contributed by atoms with van der Waals surface area (Å²) in [4.78, 5) is 29.8. The molecular formula is C25H23ClN2O2S. The maximum absolute atomic E-state index is 13.5. The van der Waals surface area contributed by atoms with E-state index in [0.717, 1.165) is 16.0 Å². The summed E-state index contributed by atoms with van der Waals surface area (Å²) in [7, 11) is 0. The molecule has 1 N–H and O–H groups in total. The van der Waals surface area contributed by atoms with Gasteiger partial charge in [-0.2, -0.15) is 0 Å². The quantitative estimate of drug-likeness (QED) is 0.534. The second kappa shape index (κ2) is 8.77. The van der Waals surface area contributed by atoms with Crippen molar-refractivity contribution in [3.8, 4) is 0 Å². The summed E-state index contributed by atoms with van der Waals surface area (Å²) in [6.07, 6.45) is 2.44. The van der Waals surface area contributed by atoms with Crippen LogP contribution in [-0.4, -0.2) is 23.6 Å². The summed E-state index contributed by atoms with van der Waals surface area (Å²) in [5.74, 6) is -0.359. The number of thioether (sulfide) groups is 1. The summed E-state index contributed by atoms with van der Waals surface area (Å²) in [5.41, 5.74) is 2.12. The lowest BCUT2D eigenvalue weighted by atomic mass is 9.82. The first-order valence-corrected chi connectivity index (χ1v) is 11.6. The molecule has 0 bridgehead atoms. The molecule has 3 aromatic rings. The average Bonchev–Trinajstić information content (AvgIpc) is 2.79. The van der Waals surface area contributed by atoms with Crippen molar-refractivity contribution in [3.63, 3.8) is 0 Å². The van der Waals surface area contributed by atoms with Crippen molar-refractivity contribution in [1.82, 2.24) is 5.32 Å². The monoisotopic (exact) mass is 450 g/mol. The Morgan fingerprint density at radius 2 is 1.74 bits per heavy atom. The van der Waals surface area contributed by atoms with Crippen LogP contribution in [0.4, 0.5) is 5.69 Å². The Hall–Kier alpha value is -2.76. The number of amides is 2. The highest BCUT2D eigenvalue weighted by atomic mass is 35.5. The molecule has 31 heavy (non-hydrogen) atoms. The van der Waals surface area contributed by atoms with Gasteiger partial charge in [0, 0.05) is 34.1 Å². The van der Waals surface area contributed by atoms with Crippen LogP contribution in [0.3, 0.4) is 0 Å². The minimum atomic E-state index is -1.06. The molecule has 0 aromatic heterocycles. The van der Waals surface area contributed by atoms with Crippen molar-refractivity contribution in [3.05, 3.63) is 94.5 Å². The molecule has 1 atom stereocenters. The van der Waals surface area contributed by atoms with Crippen molar-refractivity contribution in [2.75, 3.05) is 11.2 Å². The van der Waals surface area contributed by atoms with Crippen LogP contribution in [0.5, 0.6) is 0 Å². The van der Waals surface area contributed by atoms with Gasteiger partial charge in [0.25, 0.3) is 5.91 Å². The van der Waals surface area contributed by atoms with E-state index in [4.69, 9.17) is 11.6 Å². The number of rotatable bonds is 5. The number of carbonyl (C=O) groups is 2. The van der Waals surface area contributed by atoms with Gasteiger partial charge in [-0.3, -0.25) is 14.5 Å². The Kier molecular flexibility index (Phi) is 6.08. The summed E-state index contributed by atoms with van der Waals surface area (Å²) in [5, 5.41) is 3.67. The number of hydrogen-bond donors (Lipinski definition) is 1. The van der Waals surface area contributed by atoms with Crippen LogP contribution in [0.25, 0.3) is 0 Å².